The van der Waals surface area contributed by atoms with E-state index < -0.39 is 6.10 Å². The Kier molecular flexibility index (Phi) is 8.18. The number of hydrogen-bond donors (Lipinski definition) is 1. The molecular formula is C23H31NO4. The van der Waals surface area contributed by atoms with Crippen LogP contribution in [0, 0.1) is 13.8 Å². The van der Waals surface area contributed by atoms with E-state index in [9.17, 15) is 4.79 Å². The van der Waals surface area contributed by atoms with Crippen molar-refractivity contribution in [1.82, 2.24) is 5.32 Å². The number of amides is 1. The zero-order valence-electron chi connectivity index (χ0n) is 17.5. The van der Waals surface area contributed by atoms with Crippen LogP contribution in [-0.4, -0.2) is 25.2 Å². The van der Waals surface area contributed by atoms with Crippen LogP contribution in [0.2, 0.25) is 0 Å². The summed E-state index contributed by atoms with van der Waals surface area (Å²) in [7, 11) is 0. The highest BCUT2D eigenvalue weighted by Crippen LogP contribution is 2.28. The van der Waals surface area contributed by atoms with Gasteiger partial charge in [-0.1, -0.05) is 19.1 Å². The van der Waals surface area contributed by atoms with E-state index in [2.05, 4.69) is 12.2 Å². The fraction of sp³-hybridized carbons (Fsp3) is 0.435. The van der Waals surface area contributed by atoms with Gasteiger partial charge in [0, 0.05) is 6.54 Å². The Morgan fingerprint density at radius 3 is 2.29 bits per heavy atom. The highest BCUT2D eigenvalue weighted by molar-refractivity contribution is 5.81. The van der Waals surface area contributed by atoms with E-state index in [4.69, 9.17) is 14.2 Å². The van der Waals surface area contributed by atoms with Crippen LogP contribution >= 0.6 is 0 Å². The predicted molar refractivity (Wildman–Crippen MR) is 111 cm³/mol. The van der Waals surface area contributed by atoms with Crippen LogP contribution in [0.15, 0.2) is 36.4 Å². The van der Waals surface area contributed by atoms with Crippen molar-refractivity contribution in [3.05, 3.63) is 53.1 Å². The van der Waals surface area contributed by atoms with Gasteiger partial charge in [-0.05, 0) is 75.1 Å². The summed E-state index contributed by atoms with van der Waals surface area (Å²) < 4.78 is 17.1. The first-order valence-corrected chi connectivity index (χ1v) is 9.88. The molecule has 0 aliphatic rings. The number of carbonyl (C=O) groups excluding carboxylic acids is 1. The smallest absolute Gasteiger partial charge is 0.261 e. The Morgan fingerprint density at radius 1 is 0.929 bits per heavy atom. The number of hydrogen-bond acceptors (Lipinski definition) is 4. The molecule has 0 unspecified atom stereocenters. The monoisotopic (exact) mass is 385 g/mol. The van der Waals surface area contributed by atoms with Crippen LogP contribution < -0.4 is 19.5 Å². The van der Waals surface area contributed by atoms with E-state index in [0.717, 1.165) is 11.1 Å². The van der Waals surface area contributed by atoms with E-state index in [1.165, 1.54) is 5.56 Å². The zero-order valence-corrected chi connectivity index (χ0v) is 17.5. The maximum absolute atomic E-state index is 12.6. The van der Waals surface area contributed by atoms with Gasteiger partial charge in [-0.2, -0.15) is 0 Å². The van der Waals surface area contributed by atoms with Gasteiger partial charge in [0.2, 0.25) is 0 Å². The first kappa shape index (κ1) is 21.6. The van der Waals surface area contributed by atoms with Crippen LogP contribution in [0.25, 0.3) is 0 Å². The van der Waals surface area contributed by atoms with E-state index in [0.29, 0.717) is 43.4 Å². The summed E-state index contributed by atoms with van der Waals surface area (Å²) in [6.07, 6.45) is 0.0582. The lowest BCUT2D eigenvalue weighted by Gasteiger charge is -2.18. The van der Waals surface area contributed by atoms with Crippen LogP contribution in [0.1, 0.15) is 43.9 Å². The normalized spacial score (nSPS) is 11.6. The van der Waals surface area contributed by atoms with Crippen molar-refractivity contribution in [2.45, 2.75) is 53.7 Å². The molecule has 5 nitrogen and oxygen atoms in total. The number of aryl methyl sites for hydroxylation is 2. The third kappa shape index (κ3) is 5.91. The summed E-state index contributed by atoms with van der Waals surface area (Å²) in [6.45, 7) is 11.4. The fourth-order valence-electron chi connectivity index (χ4n) is 2.78. The molecule has 2 aromatic rings. The quantitative estimate of drug-likeness (QED) is 0.651. The standard InChI is InChI=1S/C23H31NO4/c1-6-20(28-19-11-9-16(4)17(5)13-19)23(25)24-15-18-10-12-21(26-7-2)22(14-18)27-8-3/h9-14,20H,6-8,15H2,1-5H3,(H,24,25)/t20-/m1/s1. The molecule has 28 heavy (non-hydrogen) atoms. The summed E-state index contributed by atoms with van der Waals surface area (Å²) in [5.74, 6) is 1.98. The largest absolute Gasteiger partial charge is 0.490 e. The van der Waals surface area contributed by atoms with Gasteiger partial charge in [0.15, 0.2) is 17.6 Å². The van der Waals surface area contributed by atoms with Gasteiger partial charge in [0.05, 0.1) is 13.2 Å². The molecule has 0 aliphatic heterocycles. The second-order valence-corrected chi connectivity index (χ2v) is 6.63. The molecule has 0 saturated carbocycles. The third-order valence-corrected chi connectivity index (χ3v) is 4.49. The topological polar surface area (TPSA) is 56.8 Å². The van der Waals surface area contributed by atoms with Gasteiger partial charge < -0.3 is 19.5 Å². The van der Waals surface area contributed by atoms with Crippen LogP contribution in [0.3, 0.4) is 0 Å². The second-order valence-electron chi connectivity index (χ2n) is 6.63. The molecule has 0 saturated heterocycles. The van der Waals surface area contributed by atoms with Crippen molar-refractivity contribution < 1.29 is 19.0 Å². The molecule has 0 spiro atoms. The highest BCUT2D eigenvalue weighted by Gasteiger charge is 2.18. The highest BCUT2D eigenvalue weighted by atomic mass is 16.5. The van der Waals surface area contributed by atoms with Gasteiger partial charge in [-0.25, -0.2) is 0 Å². The van der Waals surface area contributed by atoms with Gasteiger partial charge in [-0.15, -0.1) is 0 Å². The van der Waals surface area contributed by atoms with Crippen molar-refractivity contribution in [3.63, 3.8) is 0 Å². The lowest BCUT2D eigenvalue weighted by molar-refractivity contribution is -0.128. The van der Waals surface area contributed by atoms with Crippen molar-refractivity contribution in [3.8, 4) is 17.2 Å². The summed E-state index contributed by atoms with van der Waals surface area (Å²) >= 11 is 0. The third-order valence-electron chi connectivity index (χ3n) is 4.49. The lowest BCUT2D eigenvalue weighted by Crippen LogP contribution is -2.37. The molecule has 0 radical (unpaired) electrons. The number of ether oxygens (including phenoxy) is 3. The van der Waals surface area contributed by atoms with E-state index >= 15 is 0 Å². The van der Waals surface area contributed by atoms with E-state index in [1.54, 1.807) is 0 Å². The molecule has 1 atom stereocenters. The average molecular weight is 386 g/mol. The zero-order chi connectivity index (χ0) is 20.5. The first-order chi connectivity index (χ1) is 13.5. The minimum Gasteiger partial charge on any atom is -0.490 e. The van der Waals surface area contributed by atoms with Crippen LogP contribution in [0.4, 0.5) is 0 Å². The molecule has 2 aromatic carbocycles. The van der Waals surface area contributed by atoms with Crippen LogP contribution in [-0.2, 0) is 11.3 Å². The molecule has 0 heterocycles. The van der Waals surface area contributed by atoms with Crippen molar-refractivity contribution in [2.75, 3.05) is 13.2 Å². The van der Waals surface area contributed by atoms with E-state index in [1.807, 2.05) is 64.1 Å². The summed E-state index contributed by atoms with van der Waals surface area (Å²) in [5.41, 5.74) is 3.29. The molecule has 152 valence electrons. The van der Waals surface area contributed by atoms with Crippen molar-refractivity contribution in [2.24, 2.45) is 0 Å². The summed E-state index contributed by atoms with van der Waals surface area (Å²) in [4.78, 5) is 12.6. The average Bonchev–Trinajstić information content (AvgIpc) is 2.69. The Balaban J connectivity index is 2.00. The molecule has 1 N–H and O–H groups in total. The molecule has 0 fully saturated rings. The first-order valence-electron chi connectivity index (χ1n) is 9.88. The number of benzene rings is 2. The van der Waals surface area contributed by atoms with Gasteiger partial charge in [0.1, 0.15) is 5.75 Å². The SMILES string of the molecule is CCOc1ccc(CNC(=O)[C@@H](CC)Oc2ccc(C)c(C)c2)cc1OCC. The molecule has 0 aromatic heterocycles. The maximum atomic E-state index is 12.6. The second kappa shape index (κ2) is 10.6. The molecule has 0 bridgehead atoms. The number of nitrogens with one attached hydrogen (secondary N) is 1. The molecule has 0 aliphatic carbocycles. The molecule has 5 heteroatoms. The molecular weight excluding hydrogens is 354 g/mol. The van der Waals surface area contributed by atoms with Crippen LogP contribution in [0.5, 0.6) is 17.2 Å². The van der Waals surface area contributed by atoms with Gasteiger partial charge >= 0.3 is 0 Å². The minimum absolute atomic E-state index is 0.132. The van der Waals surface area contributed by atoms with Crippen molar-refractivity contribution in [1.29, 1.82) is 0 Å². The number of carbonyl (C=O) groups is 1. The van der Waals surface area contributed by atoms with Gasteiger partial charge in [-0.3, -0.25) is 4.79 Å². The molecule has 2 rings (SSSR count). The molecule has 1 amide bonds. The Bertz CT molecular complexity index is 788. The van der Waals surface area contributed by atoms with Gasteiger partial charge in [0.25, 0.3) is 5.91 Å². The van der Waals surface area contributed by atoms with Crippen molar-refractivity contribution >= 4 is 5.91 Å². The number of rotatable bonds is 10. The maximum Gasteiger partial charge on any atom is 0.261 e. The lowest BCUT2D eigenvalue weighted by atomic mass is 10.1. The summed E-state index contributed by atoms with van der Waals surface area (Å²) in [6, 6.07) is 11.6. The Labute approximate surface area is 168 Å². The Morgan fingerprint density at radius 2 is 1.64 bits per heavy atom. The Hall–Kier alpha value is -2.69. The fourth-order valence-corrected chi connectivity index (χ4v) is 2.78. The predicted octanol–water partition coefficient (Wildman–Crippen LogP) is 4.57. The van der Waals surface area contributed by atoms with E-state index in [-0.39, 0.29) is 5.91 Å². The summed E-state index contributed by atoms with van der Waals surface area (Å²) in [5, 5.41) is 2.96. The minimum atomic E-state index is -0.531.